The van der Waals surface area contributed by atoms with Crippen LogP contribution in [0.4, 0.5) is 0 Å². The van der Waals surface area contributed by atoms with Crippen LogP contribution in [0.5, 0.6) is 0 Å². The maximum absolute atomic E-state index is 10.5. The molecule has 6 saturated carbocycles. The van der Waals surface area contributed by atoms with Crippen LogP contribution in [-0.2, 0) is 4.12 Å². The van der Waals surface area contributed by atoms with Crippen LogP contribution >= 0.6 is 0 Å². The van der Waals surface area contributed by atoms with Gasteiger partial charge in [0.25, 0.3) is 0 Å². The molecule has 0 amide bonds. The zero-order valence-corrected chi connectivity index (χ0v) is 48.0. The van der Waals surface area contributed by atoms with Crippen LogP contribution in [0.1, 0.15) is 240 Å². The Balaban J connectivity index is 1.84. The molecule has 6 aliphatic rings. The largest absolute Gasteiger partial charge is 0.454 e. The summed E-state index contributed by atoms with van der Waals surface area (Å²) >= 11 is 0. The van der Waals surface area contributed by atoms with E-state index in [1.54, 1.807) is 0 Å². The summed E-state index contributed by atoms with van der Waals surface area (Å²) in [6.45, 7) is 48.8. The number of hydrogen-bond donors (Lipinski definition) is 0. The molecule has 0 aromatic rings. The van der Waals surface area contributed by atoms with Crippen molar-refractivity contribution < 1.29 is 4.12 Å². The fourth-order valence-electron chi connectivity index (χ4n) is 18.7. The molecule has 63 heavy (non-hydrogen) atoms. The van der Waals surface area contributed by atoms with E-state index in [0.717, 1.165) is 140 Å². The van der Waals surface area contributed by atoms with Crippen LogP contribution in [0.2, 0.25) is 33.2 Å². The highest BCUT2D eigenvalue weighted by atomic mass is 28.4. The Labute approximate surface area is 398 Å². The van der Waals surface area contributed by atoms with Crippen molar-refractivity contribution in [2.75, 3.05) is 0 Å². The minimum atomic E-state index is -2.68. The third-order valence-corrected chi connectivity index (χ3v) is 35.7. The molecular formula is C60H114OSi2. The van der Waals surface area contributed by atoms with Crippen LogP contribution in [0, 0.1) is 107 Å². The molecule has 0 bridgehead atoms. The maximum Gasteiger partial charge on any atom is 0.189 e. The SMILES string of the molecule is CC1CCC(C(C)C)C([Si](O[Si](C2CC(C)CCC2C(C)C)(C2CC(C)CCC2C(C)C)C2CC(C)CCC2C(C)C)(C2CC(C)CCC2C(C)C)C2CC(C)CCC2C(C)C)C1. The van der Waals surface area contributed by atoms with Crippen molar-refractivity contribution in [1.82, 2.24) is 0 Å². The van der Waals surface area contributed by atoms with E-state index in [0.29, 0.717) is 0 Å². The Morgan fingerprint density at radius 1 is 0.254 bits per heavy atom. The zero-order chi connectivity index (χ0) is 46.3. The van der Waals surface area contributed by atoms with Gasteiger partial charge in [-0.3, -0.25) is 0 Å². The molecule has 3 heteroatoms. The molecule has 1 nitrogen and oxygen atoms in total. The van der Waals surface area contributed by atoms with Crippen molar-refractivity contribution in [3.8, 4) is 0 Å². The third-order valence-electron chi connectivity index (χ3n) is 22.0. The van der Waals surface area contributed by atoms with Gasteiger partial charge in [-0.1, -0.05) is 163 Å². The summed E-state index contributed by atoms with van der Waals surface area (Å²) in [6.07, 6.45) is 26.5. The molecule has 6 aliphatic carbocycles. The second kappa shape index (κ2) is 22.0. The first-order valence-corrected chi connectivity index (χ1v) is 33.6. The highest BCUT2D eigenvalue weighted by Gasteiger charge is 2.71. The Morgan fingerprint density at radius 2 is 0.397 bits per heavy atom. The van der Waals surface area contributed by atoms with Crippen molar-refractivity contribution in [3.05, 3.63) is 0 Å². The Morgan fingerprint density at radius 3 is 0.524 bits per heavy atom. The second-order valence-corrected chi connectivity index (χ2v) is 37.1. The standard InChI is InChI=1S/C60H114OSi2/c1-37(2)49-25-19-43(13)31-55(49)62(56-32-44(14)20-26-50(56)38(3)4,57-33-45(15)21-27-51(57)39(5)6)61-63(58-34-46(16)22-28-52(58)40(7)8,59-35-47(17)23-29-53(59)41(9)10)60-36-48(18)24-30-54(60)42(11)12/h37-60H,19-36H2,1-18H3. The molecule has 0 spiro atoms. The summed E-state index contributed by atoms with van der Waals surface area (Å²) in [6, 6.07) is 0. The molecule has 0 aliphatic heterocycles. The zero-order valence-electron chi connectivity index (χ0n) is 46.0. The van der Waals surface area contributed by atoms with Gasteiger partial charge < -0.3 is 4.12 Å². The lowest BCUT2D eigenvalue weighted by Crippen LogP contribution is -2.71. The highest BCUT2D eigenvalue weighted by Crippen LogP contribution is 2.72. The first kappa shape index (κ1) is 52.8. The van der Waals surface area contributed by atoms with E-state index in [2.05, 4.69) is 125 Å². The van der Waals surface area contributed by atoms with Gasteiger partial charge in [0.05, 0.1) is 0 Å². The van der Waals surface area contributed by atoms with Crippen LogP contribution in [-0.4, -0.2) is 16.6 Å². The minimum absolute atomic E-state index is 0.750. The quantitative estimate of drug-likeness (QED) is 0.158. The summed E-state index contributed by atoms with van der Waals surface area (Å²) in [5, 5.41) is 0. The lowest BCUT2D eigenvalue weighted by molar-refractivity contribution is 0.125. The average molecular weight is 908 g/mol. The molecule has 18 unspecified atom stereocenters. The monoisotopic (exact) mass is 907 g/mol. The molecule has 368 valence electrons. The van der Waals surface area contributed by atoms with Gasteiger partial charge in [0.2, 0.25) is 0 Å². The first-order chi connectivity index (χ1) is 29.6. The predicted octanol–water partition coefficient (Wildman–Crippen LogP) is 19.7. The molecule has 0 heterocycles. The molecule has 6 fully saturated rings. The molecule has 18 atom stereocenters. The third kappa shape index (κ3) is 10.9. The summed E-state index contributed by atoms with van der Waals surface area (Å²) in [5.74, 6) is 14.5. The van der Waals surface area contributed by atoms with Gasteiger partial charge in [0.1, 0.15) is 0 Å². The van der Waals surface area contributed by atoms with Crippen molar-refractivity contribution >= 4 is 16.6 Å². The van der Waals surface area contributed by atoms with Gasteiger partial charge in [0, 0.05) is 0 Å². The van der Waals surface area contributed by atoms with Crippen LogP contribution in [0.3, 0.4) is 0 Å². The molecule has 0 saturated heterocycles. The van der Waals surface area contributed by atoms with Crippen molar-refractivity contribution in [1.29, 1.82) is 0 Å². The van der Waals surface area contributed by atoms with E-state index in [1.807, 2.05) is 0 Å². The van der Waals surface area contributed by atoms with Gasteiger partial charge in [-0.05, 0) is 217 Å². The molecule has 0 radical (unpaired) electrons. The Bertz CT molecular complexity index is 1120. The minimum Gasteiger partial charge on any atom is -0.454 e. The summed E-state index contributed by atoms with van der Waals surface area (Å²) in [5.41, 5.74) is 4.90. The summed E-state index contributed by atoms with van der Waals surface area (Å²) in [4.78, 5) is 0. The molecule has 0 aromatic carbocycles. The maximum atomic E-state index is 10.5. The van der Waals surface area contributed by atoms with Gasteiger partial charge in [-0.25, -0.2) is 0 Å². The highest BCUT2D eigenvalue weighted by molar-refractivity contribution is 6.91. The predicted molar refractivity (Wildman–Crippen MR) is 283 cm³/mol. The summed E-state index contributed by atoms with van der Waals surface area (Å²) in [7, 11) is -5.36. The average Bonchev–Trinajstić information content (AvgIpc) is 3.20. The molecule has 0 N–H and O–H groups in total. The lowest BCUT2D eigenvalue weighted by Gasteiger charge is -2.68. The van der Waals surface area contributed by atoms with E-state index in [9.17, 15) is 4.12 Å². The van der Waals surface area contributed by atoms with Crippen molar-refractivity contribution in [2.24, 2.45) is 107 Å². The van der Waals surface area contributed by atoms with Gasteiger partial charge >= 0.3 is 0 Å². The van der Waals surface area contributed by atoms with Gasteiger partial charge in [-0.2, -0.15) is 0 Å². The Kier molecular flexibility index (Phi) is 18.4. The number of rotatable bonds is 14. The van der Waals surface area contributed by atoms with Gasteiger partial charge in [0.15, 0.2) is 16.6 Å². The first-order valence-electron chi connectivity index (χ1n) is 29.3. The van der Waals surface area contributed by atoms with Crippen LogP contribution in [0.25, 0.3) is 0 Å². The van der Waals surface area contributed by atoms with Crippen molar-refractivity contribution in [3.63, 3.8) is 0 Å². The van der Waals surface area contributed by atoms with Gasteiger partial charge in [-0.15, -0.1) is 0 Å². The lowest BCUT2D eigenvalue weighted by atomic mass is 9.75. The fraction of sp³-hybridized carbons (Fsp3) is 1.00. The molecular weight excluding hydrogens is 793 g/mol. The summed E-state index contributed by atoms with van der Waals surface area (Å²) < 4.78 is 10.5. The Hall–Kier alpha value is 0.394. The smallest absolute Gasteiger partial charge is 0.189 e. The van der Waals surface area contributed by atoms with Crippen LogP contribution < -0.4 is 0 Å². The van der Waals surface area contributed by atoms with Crippen LogP contribution in [0.15, 0.2) is 0 Å². The van der Waals surface area contributed by atoms with E-state index in [-0.39, 0.29) is 0 Å². The number of hydrogen-bond acceptors (Lipinski definition) is 1. The fourth-order valence-corrected chi connectivity index (χ4v) is 40.1. The van der Waals surface area contributed by atoms with Crippen molar-refractivity contribution in [2.45, 2.75) is 273 Å². The van der Waals surface area contributed by atoms with E-state index in [4.69, 9.17) is 0 Å². The topological polar surface area (TPSA) is 9.23 Å². The normalized spacial score (nSPS) is 44.4. The van der Waals surface area contributed by atoms with E-state index >= 15 is 0 Å². The molecule has 6 rings (SSSR count). The van der Waals surface area contributed by atoms with E-state index in [1.165, 1.54) is 116 Å². The molecule has 0 aromatic heterocycles. The van der Waals surface area contributed by atoms with E-state index < -0.39 is 16.6 Å². The second-order valence-electron chi connectivity index (χ2n) is 28.4.